The van der Waals surface area contributed by atoms with Crippen LogP contribution in [0.5, 0.6) is 0 Å². The molecular formula is C15H14Br2FN. The number of hydrogen-bond donors (Lipinski definition) is 1. The van der Waals surface area contributed by atoms with Gasteiger partial charge in [-0.25, -0.2) is 4.39 Å². The van der Waals surface area contributed by atoms with E-state index in [1.807, 2.05) is 12.1 Å². The minimum atomic E-state index is -0.182. The van der Waals surface area contributed by atoms with Crippen molar-refractivity contribution in [1.82, 2.24) is 5.32 Å². The van der Waals surface area contributed by atoms with Crippen molar-refractivity contribution >= 4 is 31.9 Å². The van der Waals surface area contributed by atoms with Crippen LogP contribution >= 0.6 is 31.9 Å². The fourth-order valence-electron chi connectivity index (χ4n) is 1.81. The maximum Gasteiger partial charge on any atom is 0.127 e. The van der Waals surface area contributed by atoms with Crippen LogP contribution < -0.4 is 5.32 Å². The van der Waals surface area contributed by atoms with E-state index in [2.05, 4.69) is 56.2 Å². The van der Waals surface area contributed by atoms with E-state index >= 15 is 0 Å². The summed E-state index contributed by atoms with van der Waals surface area (Å²) in [7, 11) is 0. The number of halogens is 3. The van der Waals surface area contributed by atoms with Crippen molar-refractivity contribution < 1.29 is 4.39 Å². The van der Waals surface area contributed by atoms with Crippen LogP contribution in [-0.4, -0.2) is 0 Å². The molecule has 0 saturated heterocycles. The first-order chi connectivity index (χ1) is 9.06. The maximum absolute atomic E-state index is 13.6. The van der Waals surface area contributed by atoms with E-state index in [0.717, 1.165) is 8.95 Å². The molecule has 0 spiro atoms. The van der Waals surface area contributed by atoms with Crippen molar-refractivity contribution in [2.75, 3.05) is 0 Å². The molecule has 0 aliphatic heterocycles. The lowest BCUT2D eigenvalue weighted by Gasteiger charge is -2.15. The lowest BCUT2D eigenvalue weighted by atomic mass is 10.1. The van der Waals surface area contributed by atoms with Crippen molar-refractivity contribution in [2.24, 2.45) is 0 Å². The molecule has 1 atom stereocenters. The van der Waals surface area contributed by atoms with E-state index in [-0.39, 0.29) is 11.9 Å². The lowest BCUT2D eigenvalue weighted by Crippen LogP contribution is -2.18. The van der Waals surface area contributed by atoms with Gasteiger partial charge in [0.2, 0.25) is 0 Å². The molecule has 0 aromatic heterocycles. The normalized spacial score (nSPS) is 12.4. The highest BCUT2D eigenvalue weighted by Crippen LogP contribution is 2.19. The quantitative estimate of drug-likeness (QED) is 0.761. The summed E-state index contributed by atoms with van der Waals surface area (Å²) in [5, 5.41) is 3.33. The van der Waals surface area contributed by atoms with E-state index < -0.39 is 0 Å². The Labute approximate surface area is 129 Å². The second kappa shape index (κ2) is 6.64. The van der Waals surface area contributed by atoms with Gasteiger partial charge in [0.15, 0.2) is 0 Å². The summed E-state index contributed by atoms with van der Waals surface area (Å²) in [6.07, 6.45) is 0. The molecule has 0 aliphatic carbocycles. The lowest BCUT2D eigenvalue weighted by molar-refractivity contribution is 0.544. The molecule has 1 unspecified atom stereocenters. The smallest absolute Gasteiger partial charge is 0.127 e. The van der Waals surface area contributed by atoms with Crippen LogP contribution in [0.1, 0.15) is 24.1 Å². The molecule has 0 heterocycles. The standard InChI is InChI=1S/C15H14Br2FN/c1-10(11-2-4-13(16)5-3-11)19-9-12-8-14(17)6-7-15(12)18/h2-8,10,19H,9H2,1H3. The molecule has 2 aromatic rings. The highest BCUT2D eigenvalue weighted by molar-refractivity contribution is 9.10. The summed E-state index contributed by atoms with van der Waals surface area (Å²) >= 11 is 6.77. The topological polar surface area (TPSA) is 12.0 Å². The molecule has 4 heteroatoms. The molecule has 0 bridgehead atoms. The van der Waals surface area contributed by atoms with Crippen molar-refractivity contribution in [1.29, 1.82) is 0 Å². The van der Waals surface area contributed by atoms with Gasteiger partial charge in [-0.1, -0.05) is 44.0 Å². The first-order valence-electron chi connectivity index (χ1n) is 5.99. The summed E-state index contributed by atoms with van der Waals surface area (Å²) in [5.74, 6) is -0.182. The molecule has 0 saturated carbocycles. The summed E-state index contributed by atoms with van der Waals surface area (Å²) in [4.78, 5) is 0. The zero-order chi connectivity index (χ0) is 13.8. The molecule has 19 heavy (non-hydrogen) atoms. The Kier molecular flexibility index (Phi) is 5.13. The van der Waals surface area contributed by atoms with Crippen molar-refractivity contribution in [3.8, 4) is 0 Å². The van der Waals surface area contributed by atoms with Crippen LogP contribution in [0.25, 0.3) is 0 Å². The van der Waals surface area contributed by atoms with Gasteiger partial charge in [-0.2, -0.15) is 0 Å². The summed E-state index contributed by atoms with van der Waals surface area (Å²) in [6.45, 7) is 2.57. The minimum Gasteiger partial charge on any atom is -0.306 e. The third kappa shape index (κ3) is 4.13. The van der Waals surface area contributed by atoms with E-state index in [9.17, 15) is 4.39 Å². The second-order valence-corrected chi connectivity index (χ2v) is 6.22. The zero-order valence-corrected chi connectivity index (χ0v) is 13.6. The van der Waals surface area contributed by atoms with E-state index in [0.29, 0.717) is 12.1 Å². The van der Waals surface area contributed by atoms with Crippen LogP contribution in [-0.2, 0) is 6.54 Å². The second-order valence-electron chi connectivity index (χ2n) is 4.39. The van der Waals surface area contributed by atoms with E-state index in [4.69, 9.17) is 0 Å². The molecule has 2 rings (SSSR count). The largest absolute Gasteiger partial charge is 0.306 e. The highest BCUT2D eigenvalue weighted by Gasteiger charge is 2.07. The number of benzene rings is 2. The highest BCUT2D eigenvalue weighted by atomic mass is 79.9. The molecule has 100 valence electrons. The molecule has 0 amide bonds. The van der Waals surface area contributed by atoms with E-state index in [1.54, 1.807) is 12.1 Å². The number of hydrogen-bond acceptors (Lipinski definition) is 1. The van der Waals surface area contributed by atoms with E-state index in [1.165, 1.54) is 11.6 Å². The third-order valence-electron chi connectivity index (χ3n) is 2.98. The third-order valence-corrected chi connectivity index (χ3v) is 4.00. The Hall–Kier alpha value is -0.710. The molecule has 1 N–H and O–H groups in total. The summed E-state index contributed by atoms with van der Waals surface area (Å²) < 4.78 is 15.6. The molecule has 0 aliphatic rings. The molecule has 2 aromatic carbocycles. The molecule has 0 fully saturated rings. The Morgan fingerprint density at radius 3 is 2.37 bits per heavy atom. The Morgan fingerprint density at radius 2 is 1.68 bits per heavy atom. The fourth-order valence-corrected chi connectivity index (χ4v) is 2.48. The molecular weight excluding hydrogens is 373 g/mol. The van der Waals surface area contributed by atoms with Gasteiger partial charge >= 0.3 is 0 Å². The van der Waals surface area contributed by atoms with Gasteiger partial charge in [-0.05, 0) is 42.8 Å². The van der Waals surface area contributed by atoms with Gasteiger partial charge in [0, 0.05) is 27.1 Å². The number of nitrogens with one attached hydrogen (secondary N) is 1. The van der Waals surface area contributed by atoms with Gasteiger partial charge in [0.25, 0.3) is 0 Å². The first kappa shape index (κ1) is 14.7. The van der Waals surface area contributed by atoms with Crippen LogP contribution in [0, 0.1) is 5.82 Å². The predicted molar refractivity (Wildman–Crippen MR) is 83.5 cm³/mol. The Bertz CT molecular complexity index is 555. The van der Waals surface area contributed by atoms with Gasteiger partial charge in [-0.3, -0.25) is 0 Å². The Balaban J connectivity index is 2.02. The predicted octanol–water partition coefficient (Wildman–Crippen LogP) is 5.20. The van der Waals surface area contributed by atoms with Crippen molar-refractivity contribution in [2.45, 2.75) is 19.5 Å². The monoisotopic (exact) mass is 385 g/mol. The zero-order valence-electron chi connectivity index (χ0n) is 10.5. The fraction of sp³-hybridized carbons (Fsp3) is 0.200. The average Bonchev–Trinajstić information content (AvgIpc) is 2.40. The maximum atomic E-state index is 13.6. The molecule has 0 radical (unpaired) electrons. The minimum absolute atomic E-state index is 0.173. The SMILES string of the molecule is CC(NCc1cc(Br)ccc1F)c1ccc(Br)cc1. The van der Waals surface area contributed by atoms with Gasteiger partial charge in [0.1, 0.15) is 5.82 Å². The van der Waals surface area contributed by atoms with Crippen LogP contribution in [0.2, 0.25) is 0 Å². The number of rotatable bonds is 4. The van der Waals surface area contributed by atoms with Crippen LogP contribution in [0.3, 0.4) is 0 Å². The van der Waals surface area contributed by atoms with Gasteiger partial charge < -0.3 is 5.32 Å². The Morgan fingerprint density at radius 1 is 1.05 bits per heavy atom. The van der Waals surface area contributed by atoms with Crippen molar-refractivity contribution in [3.05, 3.63) is 68.4 Å². The van der Waals surface area contributed by atoms with Crippen molar-refractivity contribution in [3.63, 3.8) is 0 Å². The van der Waals surface area contributed by atoms with Crippen LogP contribution in [0.4, 0.5) is 4.39 Å². The van der Waals surface area contributed by atoms with Gasteiger partial charge in [-0.15, -0.1) is 0 Å². The first-order valence-corrected chi connectivity index (χ1v) is 7.57. The van der Waals surface area contributed by atoms with Gasteiger partial charge in [0.05, 0.1) is 0 Å². The summed E-state index contributed by atoms with van der Waals surface area (Å²) in [6, 6.07) is 13.3. The molecule has 1 nitrogen and oxygen atoms in total. The summed E-state index contributed by atoms with van der Waals surface area (Å²) in [5.41, 5.74) is 1.84. The van der Waals surface area contributed by atoms with Crippen LogP contribution in [0.15, 0.2) is 51.4 Å². The average molecular weight is 387 g/mol.